The van der Waals surface area contributed by atoms with E-state index in [1.54, 1.807) is 7.11 Å². The summed E-state index contributed by atoms with van der Waals surface area (Å²) in [6.45, 7) is 4.25. The molecule has 0 aromatic heterocycles. The van der Waals surface area contributed by atoms with E-state index in [-0.39, 0.29) is 4.75 Å². The molecule has 0 fully saturated rings. The van der Waals surface area contributed by atoms with Gasteiger partial charge in [-0.2, -0.15) is 12.6 Å². The molecule has 0 amide bonds. The van der Waals surface area contributed by atoms with Gasteiger partial charge in [-0.15, -0.1) is 0 Å². The lowest BCUT2D eigenvalue weighted by Gasteiger charge is -2.22. The van der Waals surface area contributed by atoms with E-state index in [9.17, 15) is 0 Å². The number of thiol groups is 1. The summed E-state index contributed by atoms with van der Waals surface area (Å²) in [7, 11) is 1.68. The zero-order valence-corrected chi connectivity index (χ0v) is 9.27. The zero-order valence-electron chi connectivity index (χ0n) is 8.37. The van der Waals surface area contributed by atoms with Crippen LogP contribution in [-0.4, -0.2) is 7.11 Å². The van der Waals surface area contributed by atoms with Crippen molar-refractivity contribution in [2.45, 2.75) is 25.0 Å². The summed E-state index contributed by atoms with van der Waals surface area (Å²) in [5, 5.41) is 0. The van der Waals surface area contributed by atoms with Crippen molar-refractivity contribution in [2.75, 3.05) is 7.11 Å². The Morgan fingerprint density at radius 1 is 1.46 bits per heavy atom. The van der Waals surface area contributed by atoms with Crippen molar-refractivity contribution in [1.82, 2.24) is 0 Å². The highest BCUT2D eigenvalue weighted by Crippen LogP contribution is 2.32. The van der Waals surface area contributed by atoms with E-state index in [4.69, 9.17) is 4.74 Å². The number of ether oxygens (including phenoxy) is 1. The van der Waals surface area contributed by atoms with Gasteiger partial charge in [0, 0.05) is 4.75 Å². The highest BCUT2D eigenvalue weighted by molar-refractivity contribution is 7.81. The van der Waals surface area contributed by atoms with Crippen molar-refractivity contribution in [1.29, 1.82) is 0 Å². The first-order valence-corrected chi connectivity index (χ1v) is 4.92. The molecule has 1 nitrogen and oxygen atoms in total. The van der Waals surface area contributed by atoms with Gasteiger partial charge in [-0.3, -0.25) is 0 Å². The Labute approximate surface area is 85.5 Å². The van der Waals surface area contributed by atoms with Crippen molar-refractivity contribution in [3.8, 4) is 5.75 Å². The van der Waals surface area contributed by atoms with Gasteiger partial charge >= 0.3 is 0 Å². The first kappa shape index (κ1) is 10.5. The van der Waals surface area contributed by atoms with Crippen molar-refractivity contribution < 1.29 is 4.74 Å². The van der Waals surface area contributed by atoms with Crippen LogP contribution in [0.1, 0.15) is 25.8 Å². The van der Waals surface area contributed by atoms with Crippen molar-refractivity contribution in [3.63, 3.8) is 0 Å². The molecule has 1 rings (SSSR count). The van der Waals surface area contributed by atoms with Crippen LogP contribution in [0.2, 0.25) is 0 Å². The Bertz CT molecular complexity index is 281. The van der Waals surface area contributed by atoms with Crippen LogP contribution in [0.15, 0.2) is 24.3 Å². The second-order valence-corrected chi connectivity index (χ2v) is 4.35. The molecule has 1 aromatic rings. The Balaban J connectivity index is 3.01. The van der Waals surface area contributed by atoms with Crippen molar-refractivity contribution in [3.05, 3.63) is 29.8 Å². The Morgan fingerprint density at radius 3 is 2.69 bits per heavy atom. The Kier molecular flexibility index (Phi) is 3.26. The summed E-state index contributed by atoms with van der Waals surface area (Å²) >= 11 is 4.61. The molecule has 0 saturated carbocycles. The molecule has 1 unspecified atom stereocenters. The number of methoxy groups -OCH3 is 1. The first-order valence-electron chi connectivity index (χ1n) is 4.47. The van der Waals surface area contributed by atoms with Crippen LogP contribution in [0.25, 0.3) is 0 Å². The fourth-order valence-electron chi connectivity index (χ4n) is 1.16. The zero-order chi connectivity index (χ0) is 9.90. The summed E-state index contributed by atoms with van der Waals surface area (Å²) < 4.78 is 5.10. The van der Waals surface area contributed by atoms with E-state index >= 15 is 0 Å². The fourth-order valence-corrected chi connectivity index (χ4v) is 1.30. The van der Waals surface area contributed by atoms with Crippen LogP contribution < -0.4 is 4.74 Å². The maximum absolute atomic E-state index is 5.16. The predicted octanol–water partition coefficient (Wildman–Crippen LogP) is 3.25. The van der Waals surface area contributed by atoms with Crippen LogP contribution in [-0.2, 0) is 4.75 Å². The maximum Gasteiger partial charge on any atom is 0.119 e. The van der Waals surface area contributed by atoms with Crippen LogP contribution >= 0.6 is 12.6 Å². The second kappa shape index (κ2) is 4.05. The topological polar surface area (TPSA) is 9.23 Å². The van der Waals surface area contributed by atoms with E-state index in [0.717, 1.165) is 12.2 Å². The third-order valence-electron chi connectivity index (χ3n) is 2.38. The molecule has 72 valence electrons. The monoisotopic (exact) mass is 196 g/mol. The highest BCUT2D eigenvalue weighted by Gasteiger charge is 2.19. The van der Waals surface area contributed by atoms with Crippen molar-refractivity contribution in [2.24, 2.45) is 0 Å². The maximum atomic E-state index is 5.16. The highest BCUT2D eigenvalue weighted by atomic mass is 32.1. The van der Waals surface area contributed by atoms with Crippen molar-refractivity contribution >= 4 is 12.6 Å². The van der Waals surface area contributed by atoms with Gasteiger partial charge in [0.05, 0.1) is 7.11 Å². The van der Waals surface area contributed by atoms with Crippen LogP contribution in [0.4, 0.5) is 0 Å². The summed E-state index contributed by atoms with van der Waals surface area (Å²) in [4.78, 5) is 0. The summed E-state index contributed by atoms with van der Waals surface area (Å²) in [5.74, 6) is 0.895. The Morgan fingerprint density at radius 2 is 2.15 bits per heavy atom. The molecule has 0 bridgehead atoms. The largest absolute Gasteiger partial charge is 0.497 e. The predicted molar refractivity (Wildman–Crippen MR) is 59.6 cm³/mol. The lowest BCUT2D eigenvalue weighted by Crippen LogP contribution is -2.11. The molecule has 0 N–H and O–H groups in total. The molecule has 0 aliphatic carbocycles. The van der Waals surface area contributed by atoms with Gasteiger partial charge in [0.25, 0.3) is 0 Å². The van der Waals surface area contributed by atoms with Gasteiger partial charge in [0.1, 0.15) is 5.75 Å². The van der Waals surface area contributed by atoms with Gasteiger partial charge < -0.3 is 4.74 Å². The van der Waals surface area contributed by atoms with E-state index in [1.807, 2.05) is 18.2 Å². The van der Waals surface area contributed by atoms with E-state index in [0.29, 0.717) is 0 Å². The number of rotatable bonds is 3. The first-order chi connectivity index (χ1) is 6.10. The van der Waals surface area contributed by atoms with Gasteiger partial charge in [-0.1, -0.05) is 19.1 Å². The number of hydrogen-bond acceptors (Lipinski definition) is 2. The summed E-state index contributed by atoms with van der Waals surface area (Å²) in [5.41, 5.74) is 1.21. The molecule has 0 heterocycles. The smallest absolute Gasteiger partial charge is 0.119 e. The van der Waals surface area contributed by atoms with Crippen LogP contribution in [0.5, 0.6) is 5.75 Å². The van der Waals surface area contributed by atoms with Gasteiger partial charge in [0.15, 0.2) is 0 Å². The van der Waals surface area contributed by atoms with E-state index in [2.05, 4.69) is 32.5 Å². The van der Waals surface area contributed by atoms with E-state index < -0.39 is 0 Å². The molecule has 2 heteroatoms. The minimum Gasteiger partial charge on any atom is -0.497 e. The lowest BCUT2D eigenvalue weighted by atomic mass is 9.97. The average molecular weight is 196 g/mol. The third kappa shape index (κ3) is 2.41. The molecule has 1 atom stereocenters. The molecule has 0 radical (unpaired) electrons. The van der Waals surface area contributed by atoms with Gasteiger partial charge in [0.2, 0.25) is 0 Å². The molecule has 0 spiro atoms. The second-order valence-electron chi connectivity index (χ2n) is 3.36. The normalized spacial score (nSPS) is 15.1. The molecular weight excluding hydrogens is 180 g/mol. The Hall–Kier alpha value is -0.630. The van der Waals surface area contributed by atoms with Crippen LogP contribution in [0.3, 0.4) is 0 Å². The number of hydrogen-bond donors (Lipinski definition) is 1. The van der Waals surface area contributed by atoms with E-state index in [1.165, 1.54) is 5.56 Å². The molecule has 0 saturated heterocycles. The quantitative estimate of drug-likeness (QED) is 0.730. The van der Waals surface area contributed by atoms with Gasteiger partial charge in [-0.05, 0) is 31.0 Å². The fraction of sp³-hybridized carbons (Fsp3) is 0.455. The number of benzene rings is 1. The average Bonchev–Trinajstić information content (AvgIpc) is 2.18. The third-order valence-corrected chi connectivity index (χ3v) is 2.95. The van der Waals surface area contributed by atoms with Crippen LogP contribution in [0, 0.1) is 0 Å². The molecule has 0 aliphatic heterocycles. The SMILES string of the molecule is CCC(C)(S)c1cccc(OC)c1. The minimum absolute atomic E-state index is 0.0610. The minimum atomic E-state index is -0.0610. The molecule has 1 aromatic carbocycles. The summed E-state index contributed by atoms with van der Waals surface area (Å²) in [6.07, 6.45) is 1.00. The van der Waals surface area contributed by atoms with Gasteiger partial charge in [-0.25, -0.2) is 0 Å². The molecule has 13 heavy (non-hydrogen) atoms. The molecular formula is C11H16OS. The lowest BCUT2D eigenvalue weighted by molar-refractivity contribution is 0.413. The standard InChI is InChI=1S/C11H16OS/c1-4-11(2,13)9-6-5-7-10(8-9)12-3/h5-8,13H,4H2,1-3H3. The summed E-state index contributed by atoms with van der Waals surface area (Å²) in [6, 6.07) is 8.07. The molecule has 0 aliphatic rings.